The monoisotopic (exact) mass is 305 g/mol. The predicted octanol–water partition coefficient (Wildman–Crippen LogP) is 2.84. The molecule has 0 aliphatic rings. The summed E-state index contributed by atoms with van der Waals surface area (Å²) in [5.41, 5.74) is 1.52. The number of benzene rings is 1. The van der Waals surface area contributed by atoms with E-state index in [1.54, 1.807) is 24.3 Å². The van der Waals surface area contributed by atoms with Crippen LogP contribution in [0.2, 0.25) is 5.02 Å². The van der Waals surface area contributed by atoms with Crippen molar-refractivity contribution in [3.05, 3.63) is 47.2 Å². The van der Waals surface area contributed by atoms with Crippen LogP contribution in [0.4, 0.5) is 0 Å². The summed E-state index contributed by atoms with van der Waals surface area (Å²) in [5.74, 6) is -0.458. The van der Waals surface area contributed by atoms with E-state index in [0.717, 1.165) is 5.56 Å². The lowest BCUT2D eigenvalue weighted by Gasteiger charge is -2.04. The minimum Gasteiger partial charge on any atom is -0.481 e. The van der Waals surface area contributed by atoms with Crippen molar-refractivity contribution in [1.82, 2.24) is 9.97 Å². The first-order valence-corrected chi connectivity index (χ1v) is 6.49. The van der Waals surface area contributed by atoms with Gasteiger partial charge in [0.15, 0.2) is 5.82 Å². The lowest BCUT2D eigenvalue weighted by Crippen LogP contribution is -2.06. The van der Waals surface area contributed by atoms with Crippen molar-refractivity contribution in [3.8, 4) is 11.4 Å². The highest BCUT2D eigenvalue weighted by Crippen LogP contribution is 2.18. The maximum Gasteiger partial charge on any atom is 0.303 e. The molecule has 0 bridgehead atoms. The average molecular weight is 306 g/mol. The minimum absolute atomic E-state index is 0.107. The number of nitrogens with zero attached hydrogens (tertiary/aromatic N) is 3. The van der Waals surface area contributed by atoms with E-state index in [4.69, 9.17) is 21.9 Å². The third-order valence-corrected chi connectivity index (χ3v) is 3.04. The Bertz CT molecular complexity index is 654. The number of aromatic nitrogens is 2. The lowest BCUT2D eigenvalue weighted by atomic mass is 10.1. The Kier molecular flexibility index (Phi) is 4.84. The Morgan fingerprint density at radius 3 is 2.29 bits per heavy atom. The summed E-state index contributed by atoms with van der Waals surface area (Å²) in [5, 5.41) is 21.3. The fraction of sp³-hybridized carbons (Fsp3) is 0.143. The van der Waals surface area contributed by atoms with Crippen LogP contribution in [-0.2, 0) is 4.79 Å². The third-order valence-electron chi connectivity index (χ3n) is 2.78. The third kappa shape index (κ3) is 4.00. The van der Waals surface area contributed by atoms with Gasteiger partial charge in [0, 0.05) is 35.0 Å². The van der Waals surface area contributed by atoms with Crippen LogP contribution in [0.1, 0.15) is 18.4 Å². The molecule has 0 unspecified atom stereocenters. The van der Waals surface area contributed by atoms with Gasteiger partial charge in [-0.15, -0.1) is 0 Å². The largest absolute Gasteiger partial charge is 0.481 e. The highest BCUT2D eigenvalue weighted by atomic mass is 35.5. The molecule has 1 heterocycles. The lowest BCUT2D eigenvalue weighted by molar-refractivity contribution is -0.136. The number of carbonyl (C=O) groups is 1. The fourth-order valence-corrected chi connectivity index (χ4v) is 1.83. The van der Waals surface area contributed by atoms with Gasteiger partial charge in [-0.05, 0) is 24.3 Å². The van der Waals surface area contributed by atoms with Gasteiger partial charge in [-0.25, -0.2) is 9.97 Å². The quantitative estimate of drug-likeness (QED) is 0.503. The molecule has 0 amide bonds. The molecule has 0 radical (unpaired) electrons. The van der Waals surface area contributed by atoms with Crippen LogP contribution in [0.5, 0.6) is 0 Å². The van der Waals surface area contributed by atoms with Crippen molar-refractivity contribution in [2.45, 2.75) is 12.8 Å². The molecule has 0 saturated carbocycles. The minimum atomic E-state index is -0.963. The zero-order valence-electron chi connectivity index (χ0n) is 10.9. The Balaban J connectivity index is 2.18. The Morgan fingerprint density at radius 2 is 1.76 bits per heavy atom. The summed E-state index contributed by atoms with van der Waals surface area (Å²) in [7, 11) is 0. The van der Waals surface area contributed by atoms with E-state index in [0.29, 0.717) is 16.4 Å². The van der Waals surface area contributed by atoms with Crippen molar-refractivity contribution in [1.29, 1.82) is 0 Å². The summed E-state index contributed by atoms with van der Waals surface area (Å²) < 4.78 is 0. The molecule has 21 heavy (non-hydrogen) atoms. The maximum absolute atomic E-state index is 10.5. The summed E-state index contributed by atoms with van der Waals surface area (Å²) in [4.78, 5) is 18.9. The van der Waals surface area contributed by atoms with Crippen LogP contribution in [0.3, 0.4) is 0 Å². The van der Waals surface area contributed by atoms with E-state index in [-0.39, 0.29) is 18.6 Å². The predicted molar refractivity (Wildman–Crippen MR) is 77.7 cm³/mol. The number of hydrogen-bond acceptors (Lipinski definition) is 5. The van der Waals surface area contributed by atoms with E-state index < -0.39 is 5.97 Å². The molecule has 0 aliphatic carbocycles. The number of oxime groups is 1. The molecule has 0 spiro atoms. The molecule has 1 aromatic heterocycles. The van der Waals surface area contributed by atoms with Crippen LogP contribution in [-0.4, -0.2) is 32.0 Å². The molecule has 7 heteroatoms. The topological polar surface area (TPSA) is 95.7 Å². The Labute approximate surface area is 125 Å². The molecule has 2 aromatic rings. The van der Waals surface area contributed by atoms with Gasteiger partial charge >= 0.3 is 5.97 Å². The SMILES string of the molecule is O=C(O)CCC(=NO)c1cnc(-c2ccc(Cl)cc2)nc1. The van der Waals surface area contributed by atoms with Crippen molar-refractivity contribution < 1.29 is 15.1 Å². The molecule has 0 atom stereocenters. The Hall–Kier alpha value is -2.47. The van der Waals surface area contributed by atoms with E-state index in [2.05, 4.69) is 15.1 Å². The summed E-state index contributed by atoms with van der Waals surface area (Å²) in [6, 6.07) is 7.06. The first-order valence-electron chi connectivity index (χ1n) is 6.11. The zero-order chi connectivity index (χ0) is 15.2. The van der Waals surface area contributed by atoms with Crippen LogP contribution in [0, 0.1) is 0 Å². The van der Waals surface area contributed by atoms with Crippen molar-refractivity contribution >= 4 is 23.3 Å². The standard InChI is InChI=1S/C14H12ClN3O3/c15-11-3-1-9(2-4-11)14-16-7-10(8-17-14)12(18-21)5-6-13(19)20/h1-4,7-8,21H,5-6H2,(H,19,20). The zero-order valence-corrected chi connectivity index (χ0v) is 11.7. The van der Waals surface area contributed by atoms with Gasteiger partial charge < -0.3 is 10.3 Å². The molecule has 2 N–H and O–H groups in total. The van der Waals surface area contributed by atoms with Crippen LogP contribution in [0.15, 0.2) is 41.8 Å². The Morgan fingerprint density at radius 1 is 1.14 bits per heavy atom. The smallest absolute Gasteiger partial charge is 0.303 e. The van der Waals surface area contributed by atoms with Gasteiger partial charge in [-0.2, -0.15) is 0 Å². The second-order valence-corrected chi connectivity index (χ2v) is 4.68. The summed E-state index contributed by atoms with van der Waals surface area (Å²) >= 11 is 5.81. The van der Waals surface area contributed by atoms with Crippen molar-refractivity contribution in [3.63, 3.8) is 0 Å². The number of halogens is 1. The molecule has 0 saturated heterocycles. The molecule has 2 rings (SSSR count). The van der Waals surface area contributed by atoms with Gasteiger partial charge in [0.25, 0.3) is 0 Å². The molecule has 1 aromatic carbocycles. The van der Waals surface area contributed by atoms with E-state index in [1.165, 1.54) is 12.4 Å². The number of carboxylic acid groups (broad SMARTS) is 1. The maximum atomic E-state index is 10.5. The molecule has 0 fully saturated rings. The van der Waals surface area contributed by atoms with E-state index in [1.807, 2.05) is 0 Å². The van der Waals surface area contributed by atoms with E-state index in [9.17, 15) is 4.79 Å². The van der Waals surface area contributed by atoms with Gasteiger partial charge in [0.1, 0.15) is 0 Å². The van der Waals surface area contributed by atoms with Crippen LogP contribution >= 0.6 is 11.6 Å². The van der Waals surface area contributed by atoms with Gasteiger partial charge in [0.05, 0.1) is 12.1 Å². The number of carboxylic acids is 1. The molecular formula is C14H12ClN3O3. The highest BCUT2D eigenvalue weighted by Gasteiger charge is 2.09. The molecule has 6 nitrogen and oxygen atoms in total. The number of hydrogen-bond donors (Lipinski definition) is 2. The first kappa shape index (κ1) is 14.9. The van der Waals surface area contributed by atoms with Gasteiger partial charge in [0.2, 0.25) is 0 Å². The first-order chi connectivity index (χ1) is 10.1. The number of rotatable bonds is 5. The molecule has 108 valence electrons. The second kappa shape index (κ2) is 6.81. The highest BCUT2D eigenvalue weighted by molar-refractivity contribution is 6.30. The van der Waals surface area contributed by atoms with Gasteiger partial charge in [-0.3, -0.25) is 4.79 Å². The summed E-state index contributed by atoms with van der Waals surface area (Å²) in [6.45, 7) is 0. The van der Waals surface area contributed by atoms with Crippen molar-refractivity contribution in [2.24, 2.45) is 5.16 Å². The molecular weight excluding hydrogens is 294 g/mol. The van der Waals surface area contributed by atoms with Crippen LogP contribution < -0.4 is 0 Å². The fourth-order valence-electron chi connectivity index (χ4n) is 1.70. The van der Waals surface area contributed by atoms with Gasteiger partial charge in [-0.1, -0.05) is 16.8 Å². The second-order valence-electron chi connectivity index (χ2n) is 4.24. The summed E-state index contributed by atoms with van der Waals surface area (Å²) in [6.07, 6.45) is 2.97. The van der Waals surface area contributed by atoms with Crippen molar-refractivity contribution in [2.75, 3.05) is 0 Å². The van der Waals surface area contributed by atoms with Crippen LogP contribution in [0.25, 0.3) is 11.4 Å². The van der Waals surface area contributed by atoms with E-state index >= 15 is 0 Å². The average Bonchev–Trinajstić information content (AvgIpc) is 2.49. The number of aliphatic carboxylic acids is 1. The molecule has 0 aliphatic heterocycles. The normalized spacial score (nSPS) is 11.4.